The maximum Gasteiger partial charge on any atom is 0.344 e. The number of nitrogens with zero attached hydrogens (tertiary/aromatic N) is 5. The Balaban J connectivity index is 1.58. The lowest BCUT2D eigenvalue weighted by atomic mass is 10.2. The third kappa shape index (κ3) is 2.30. The maximum absolute atomic E-state index is 12.4. The highest BCUT2D eigenvalue weighted by atomic mass is 16.5. The van der Waals surface area contributed by atoms with Crippen LogP contribution in [0.5, 0.6) is 0 Å². The van der Waals surface area contributed by atoms with E-state index in [-0.39, 0.29) is 6.61 Å². The Morgan fingerprint density at radius 1 is 1.30 bits per heavy atom. The van der Waals surface area contributed by atoms with Crippen molar-refractivity contribution in [3.63, 3.8) is 0 Å². The largest absolute Gasteiger partial charge is 0.457 e. The highest BCUT2D eigenvalue weighted by molar-refractivity contribution is 5.97. The standard InChI is InChI=1S/C15H12N6O2/c1-9-13(14-16-5-2-6-21(14)19-9)15(22)23-8-10-3-4-11-12(7-10)18-20-17-11/h2-7H,8H2,1H3,(H,17,18,20). The predicted molar refractivity (Wildman–Crippen MR) is 80.7 cm³/mol. The van der Waals surface area contributed by atoms with Gasteiger partial charge < -0.3 is 4.74 Å². The molecule has 0 atom stereocenters. The minimum Gasteiger partial charge on any atom is -0.457 e. The van der Waals surface area contributed by atoms with Crippen molar-refractivity contribution in [2.24, 2.45) is 0 Å². The lowest BCUT2D eigenvalue weighted by Gasteiger charge is -2.04. The number of carbonyl (C=O) groups excluding carboxylic acids is 1. The number of nitrogens with one attached hydrogen (secondary N) is 1. The number of rotatable bonds is 3. The van der Waals surface area contributed by atoms with E-state index in [2.05, 4.69) is 25.5 Å². The molecule has 3 heterocycles. The van der Waals surface area contributed by atoms with Gasteiger partial charge in [-0.05, 0) is 30.7 Å². The van der Waals surface area contributed by atoms with Gasteiger partial charge in [0.05, 0.1) is 5.69 Å². The van der Waals surface area contributed by atoms with Crippen molar-refractivity contribution in [2.75, 3.05) is 0 Å². The van der Waals surface area contributed by atoms with Gasteiger partial charge in [-0.2, -0.15) is 20.5 Å². The second-order valence-electron chi connectivity index (χ2n) is 5.07. The molecule has 0 saturated heterocycles. The predicted octanol–water partition coefficient (Wildman–Crippen LogP) is 1.67. The van der Waals surface area contributed by atoms with Gasteiger partial charge in [0.15, 0.2) is 5.65 Å². The molecule has 0 aliphatic heterocycles. The highest BCUT2D eigenvalue weighted by Crippen LogP contribution is 2.16. The molecule has 1 aromatic carbocycles. The summed E-state index contributed by atoms with van der Waals surface area (Å²) in [6.45, 7) is 1.90. The van der Waals surface area contributed by atoms with Crippen LogP contribution in [-0.2, 0) is 11.3 Å². The Morgan fingerprint density at radius 2 is 2.17 bits per heavy atom. The minimum absolute atomic E-state index is 0.144. The Kier molecular flexibility index (Phi) is 3.00. The van der Waals surface area contributed by atoms with Gasteiger partial charge in [-0.3, -0.25) is 0 Å². The van der Waals surface area contributed by atoms with Crippen LogP contribution < -0.4 is 0 Å². The van der Waals surface area contributed by atoms with E-state index in [1.54, 1.807) is 29.9 Å². The van der Waals surface area contributed by atoms with Crippen molar-refractivity contribution in [2.45, 2.75) is 13.5 Å². The molecule has 4 rings (SSSR count). The Hall–Kier alpha value is -3.29. The zero-order valence-electron chi connectivity index (χ0n) is 12.2. The van der Waals surface area contributed by atoms with Crippen molar-refractivity contribution < 1.29 is 9.53 Å². The van der Waals surface area contributed by atoms with Crippen molar-refractivity contribution in [3.05, 3.63) is 53.5 Å². The topological polar surface area (TPSA) is 98.1 Å². The molecule has 8 heteroatoms. The number of aromatic nitrogens is 6. The minimum atomic E-state index is -0.448. The molecule has 1 N–H and O–H groups in total. The van der Waals surface area contributed by atoms with Gasteiger partial charge in [0.1, 0.15) is 23.2 Å². The summed E-state index contributed by atoms with van der Waals surface area (Å²) in [6.07, 6.45) is 3.36. The number of H-pyrrole nitrogens is 1. The summed E-state index contributed by atoms with van der Waals surface area (Å²) in [4.78, 5) is 16.6. The molecule has 0 radical (unpaired) electrons. The summed E-state index contributed by atoms with van der Waals surface area (Å²) in [6, 6.07) is 7.25. The molecule has 0 fully saturated rings. The van der Waals surface area contributed by atoms with Gasteiger partial charge >= 0.3 is 5.97 Å². The number of aromatic amines is 1. The SMILES string of the molecule is Cc1nn2cccnc2c1C(=O)OCc1ccc2n[nH]nc2c1. The van der Waals surface area contributed by atoms with Gasteiger partial charge in [0.2, 0.25) is 0 Å². The lowest BCUT2D eigenvalue weighted by molar-refractivity contribution is 0.0474. The number of fused-ring (bicyclic) bond motifs is 2. The van der Waals surface area contributed by atoms with Crippen LogP contribution in [0.1, 0.15) is 21.6 Å². The molecule has 114 valence electrons. The molecule has 8 nitrogen and oxygen atoms in total. The zero-order chi connectivity index (χ0) is 15.8. The summed E-state index contributed by atoms with van der Waals surface area (Å²) in [5.41, 5.74) is 3.78. The van der Waals surface area contributed by atoms with Crippen LogP contribution in [0.2, 0.25) is 0 Å². The van der Waals surface area contributed by atoms with Gasteiger partial charge in [-0.15, -0.1) is 0 Å². The summed E-state index contributed by atoms with van der Waals surface area (Å²) in [5, 5.41) is 14.8. The van der Waals surface area contributed by atoms with E-state index >= 15 is 0 Å². The first kappa shape index (κ1) is 13.4. The van der Waals surface area contributed by atoms with Crippen LogP contribution in [0.3, 0.4) is 0 Å². The van der Waals surface area contributed by atoms with E-state index in [1.807, 2.05) is 18.2 Å². The number of benzene rings is 1. The fourth-order valence-corrected chi connectivity index (χ4v) is 2.43. The Bertz CT molecular complexity index is 1020. The molecule has 0 bridgehead atoms. The summed E-state index contributed by atoms with van der Waals surface area (Å²) in [5.74, 6) is -0.448. The third-order valence-corrected chi connectivity index (χ3v) is 3.53. The molecule has 0 aliphatic rings. The van der Waals surface area contributed by atoms with E-state index in [9.17, 15) is 4.79 Å². The normalized spacial score (nSPS) is 11.2. The third-order valence-electron chi connectivity index (χ3n) is 3.53. The maximum atomic E-state index is 12.4. The summed E-state index contributed by atoms with van der Waals surface area (Å²) < 4.78 is 6.96. The smallest absolute Gasteiger partial charge is 0.344 e. The summed E-state index contributed by atoms with van der Waals surface area (Å²) >= 11 is 0. The van der Waals surface area contributed by atoms with Crippen molar-refractivity contribution in [1.82, 2.24) is 30.0 Å². The van der Waals surface area contributed by atoms with E-state index in [4.69, 9.17) is 4.74 Å². The van der Waals surface area contributed by atoms with E-state index < -0.39 is 5.97 Å². The summed E-state index contributed by atoms with van der Waals surface area (Å²) in [7, 11) is 0. The number of ether oxygens (including phenoxy) is 1. The fraction of sp³-hybridized carbons (Fsp3) is 0.133. The average Bonchev–Trinajstić information content (AvgIpc) is 3.15. The van der Waals surface area contributed by atoms with Crippen LogP contribution in [0.15, 0.2) is 36.7 Å². The fourth-order valence-electron chi connectivity index (χ4n) is 2.43. The Morgan fingerprint density at radius 3 is 3.09 bits per heavy atom. The number of hydrogen-bond acceptors (Lipinski definition) is 6. The van der Waals surface area contributed by atoms with Gasteiger partial charge in [-0.25, -0.2) is 14.3 Å². The van der Waals surface area contributed by atoms with Crippen molar-refractivity contribution >= 4 is 22.6 Å². The molecule has 0 amide bonds. The molecule has 23 heavy (non-hydrogen) atoms. The molecule has 0 unspecified atom stereocenters. The first-order valence-electron chi connectivity index (χ1n) is 6.99. The van der Waals surface area contributed by atoms with Crippen LogP contribution >= 0.6 is 0 Å². The number of carbonyl (C=O) groups is 1. The van der Waals surface area contributed by atoms with Gasteiger partial charge in [-0.1, -0.05) is 6.07 Å². The van der Waals surface area contributed by atoms with E-state index in [0.717, 1.165) is 16.6 Å². The molecule has 0 saturated carbocycles. The van der Waals surface area contributed by atoms with Gasteiger partial charge in [0.25, 0.3) is 0 Å². The van der Waals surface area contributed by atoms with E-state index in [0.29, 0.717) is 16.9 Å². The zero-order valence-corrected chi connectivity index (χ0v) is 12.2. The molecule has 0 spiro atoms. The highest BCUT2D eigenvalue weighted by Gasteiger charge is 2.19. The number of hydrogen-bond donors (Lipinski definition) is 1. The monoisotopic (exact) mass is 308 g/mol. The van der Waals surface area contributed by atoms with Crippen LogP contribution in [0, 0.1) is 6.92 Å². The lowest BCUT2D eigenvalue weighted by Crippen LogP contribution is -2.07. The quantitative estimate of drug-likeness (QED) is 0.578. The molecule has 3 aromatic heterocycles. The van der Waals surface area contributed by atoms with Crippen molar-refractivity contribution in [3.8, 4) is 0 Å². The molecular formula is C15H12N6O2. The second-order valence-corrected chi connectivity index (χ2v) is 5.07. The molecule has 0 aliphatic carbocycles. The van der Waals surface area contributed by atoms with Crippen molar-refractivity contribution in [1.29, 1.82) is 0 Å². The first-order chi connectivity index (χ1) is 11.2. The van der Waals surface area contributed by atoms with E-state index in [1.165, 1.54) is 0 Å². The van der Waals surface area contributed by atoms with Crippen LogP contribution in [0.25, 0.3) is 16.7 Å². The average molecular weight is 308 g/mol. The van der Waals surface area contributed by atoms with Gasteiger partial charge in [0, 0.05) is 12.4 Å². The number of esters is 1. The van der Waals surface area contributed by atoms with Crippen LogP contribution in [-0.4, -0.2) is 36.0 Å². The van der Waals surface area contributed by atoms with Crippen LogP contribution in [0.4, 0.5) is 0 Å². The Labute approximate surface area is 130 Å². The first-order valence-corrected chi connectivity index (χ1v) is 6.99. The second kappa shape index (κ2) is 5.16. The molecular weight excluding hydrogens is 296 g/mol. The molecule has 4 aromatic rings. The number of aryl methyl sites for hydroxylation is 1.